The molecule has 0 saturated heterocycles. The first-order valence-electron chi connectivity index (χ1n) is 7.59. The van der Waals surface area contributed by atoms with E-state index < -0.39 is 0 Å². The van der Waals surface area contributed by atoms with E-state index in [0.29, 0.717) is 6.42 Å². The number of fused-ring (bicyclic) bond motifs is 1. The zero-order valence-corrected chi connectivity index (χ0v) is 13.0. The number of benzene rings is 1. The van der Waals surface area contributed by atoms with E-state index in [-0.39, 0.29) is 5.91 Å². The van der Waals surface area contributed by atoms with E-state index in [9.17, 15) is 4.79 Å². The van der Waals surface area contributed by atoms with Gasteiger partial charge in [0.15, 0.2) is 0 Å². The average Bonchev–Trinajstić information content (AvgIpc) is 2.85. The van der Waals surface area contributed by atoms with Gasteiger partial charge in [-0.15, -0.1) is 0 Å². The molecule has 1 aromatic heterocycles. The topological polar surface area (TPSA) is 36.1 Å². The normalized spacial score (nSPS) is 16.1. The Morgan fingerprint density at radius 2 is 2.00 bits per heavy atom. The summed E-state index contributed by atoms with van der Waals surface area (Å²) in [6.07, 6.45) is 4.52. The Morgan fingerprint density at radius 1 is 1.19 bits per heavy atom. The molecule has 21 heavy (non-hydrogen) atoms. The van der Waals surface area contributed by atoms with Gasteiger partial charge in [0.1, 0.15) is 0 Å². The van der Waals surface area contributed by atoms with Crippen molar-refractivity contribution in [3.05, 3.63) is 46.8 Å². The molecule has 0 spiro atoms. The van der Waals surface area contributed by atoms with Crippen LogP contribution < -0.4 is 0 Å². The highest BCUT2D eigenvalue weighted by Crippen LogP contribution is 2.24. The molecular formula is C18H22N2O. The number of hydrogen-bond acceptors (Lipinski definition) is 1. The minimum Gasteiger partial charge on any atom is -0.361 e. The van der Waals surface area contributed by atoms with E-state index >= 15 is 0 Å². The van der Waals surface area contributed by atoms with Crippen LogP contribution >= 0.6 is 0 Å². The minimum atomic E-state index is 0.258. The monoisotopic (exact) mass is 282 g/mol. The van der Waals surface area contributed by atoms with Gasteiger partial charge in [0, 0.05) is 35.8 Å². The van der Waals surface area contributed by atoms with Gasteiger partial charge >= 0.3 is 0 Å². The molecule has 1 aliphatic rings. The molecule has 0 aliphatic carbocycles. The van der Waals surface area contributed by atoms with Gasteiger partial charge in [-0.1, -0.05) is 17.7 Å². The first-order chi connectivity index (χ1) is 10.1. The van der Waals surface area contributed by atoms with E-state index in [2.05, 4.69) is 50.2 Å². The predicted molar refractivity (Wildman–Crippen MR) is 86.1 cm³/mol. The third-order valence-corrected chi connectivity index (χ3v) is 4.57. The molecule has 0 bridgehead atoms. The second-order valence-corrected chi connectivity index (χ2v) is 6.02. The Hall–Kier alpha value is -2.03. The van der Waals surface area contributed by atoms with Crippen molar-refractivity contribution in [2.24, 2.45) is 0 Å². The number of aromatic amines is 1. The summed E-state index contributed by atoms with van der Waals surface area (Å²) in [7, 11) is 0. The summed E-state index contributed by atoms with van der Waals surface area (Å²) in [5.74, 6) is 0.258. The molecule has 1 aliphatic heterocycles. The number of aromatic nitrogens is 1. The highest BCUT2D eigenvalue weighted by Gasteiger charge is 2.21. The van der Waals surface area contributed by atoms with Crippen molar-refractivity contribution in [2.45, 2.75) is 40.0 Å². The summed E-state index contributed by atoms with van der Waals surface area (Å²) in [4.78, 5) is 17.4. The fourth-order valence-electron chi connectivity index (χ4n) is 3.06. The maximum Gasteiger partial charge on any atom is 0.227 e. The molecule has 110 valence electrons. The Morgan fingerprint density at radius 3 is 2.81 bits per heavy atom. The van der Waals surface area contributed by atoms with E-state index in [4.69, 9.17) is 0 Å². The standard InChI is InChI=1S/C18H22N2O/c1-12-4-6-16-15(11-19-17(16)10-12)8-9-20-14(3)13(2)5-7-18(20)21/h4,6,10-11,19H,5,7-9H2,1-3H3. The minimum absolute atomic E-state index is 0.258. The van der Waals surface area contributed by atoms with Crippen molar-refractivity contribution in [3.8, 4) is 0 Å². The van der Waals surface area contributed by atoms with E-state index in [1.165, 1.54) is 27.6 Å². The van der Waals surface area contributed by atoms with Crippen LogP contribution in [0.1, 0.15) is 37.8 Å². The van der Waals surface area contributed by atoms with Gasteiger partial charge in [-0.25, -0.2) is 0 Å². The fraction of sp³-hybridized carbons (Fsp3) is 0.389. The number of allylic oxidation sites excluding steroid dienone is 2. The smallest absolute Gasteiger partial charge is 0.227 e. The van der Waals surface area contributed by atoms with Gasteiger partial charge in [-0.2, -0.15) is 0 Å². The quantitative estimate of drug-likeness (QED) is 0.909. The number of H-pyrrole nitrogens is 1. The zero-order valence-electron chi connectivity index (χ0n) is 13.0. The number of hydrogen-bond donors (Lipinski definition) is 1. The van der Waals surface area contributed by atoms with Crippen LogP contribution in [-0.2, 0) is 11.2 Å². The van der Waals surface area contributed by atoms with Crippen molar-refractivity contribution in [1.82, 2.24) is 9.88 Å². The number of nitrogens with one attached hydrogen (secondary N) is 1. The SMILES string of the molecule is CC1=C(C)N(CCc2c[nH]c3cc(C)ccc23)C(=O)CC1. The van der Waals surface area contributed by atoms with Crippen molar-refractivity contribution in [3.63, 3.8) is 0 Å². The van der Waals surface area contributed by atoms with E-state index in [0.717, 1.165) is 25.1 Å². The van der Waals surface area contributed by atoms with Crippen LogP contribution in [0.3, 0.4) is 0 Å². The number of aryl methyl sites for hydroxylation is 1. The van der Waals surface area contributed by atoms with Crippen molar-refractivity contribution in [2.75, 3.05) is 6.54 Å². The molecule has 3 heteroatoms. The number of nitrogens with zero attached hydrogens (tertiary/aromatic N) is 1. The van der Waals surface area contributed by atoms with Crippen LogP contribution in [0.15, 0.2) is 35.7 Å². The van der Waals surface area contributed by atoms with Gasteiger partial charge < -0.3 is 9.88 Å². The first kappa shape index (κ1) is 13.9. The van der Waals surface area contributed by atoms with Crippen LogP contribution in [0.2, 0.25) is 0 Å². The maximum atomic E-state index is 12.1. The summed E-state index contributed by atoms with van der Waals surface area (Å²) in [6.45, 7) is 7.06. The van der Waals surface area contributed by atoms with Gasteiger partial charge in [-0.05, 0) is 50.8 Å². The van der Waals surface area contributed by atoms with Gasteiger partial charge in [-0.3, -0.25) is 4.79 Å². The second-order valence-electron chi connectivity index (χ2n) is 6.02. The average molecular weight is 282 g/mol. The molecule has 2 heterocycles. The summed E-state index contributed by atoms with van der Waals surface area (Å²) >= 11 is 0. The van der Waals surface area contributed by atoms with Crippen LogP contribution in [0.4, 0.5) is 0 Å². The molecule has 0 saturated carbocycles. The van der Waals surface area contributed by atoms with Gasteiger partial charge in [0.05, 0.1) is 0 Å². The van der Waals surface area contributed by atoms with Gasteiger partial charge in [0.2, 0.25) is 5.91 Å². The third kappa shape index (κ3) is 2.60. The molecule has 0 radical (unpaired) electrons. The Labute approximate surface area is 125 Å². The third-order valence-electron chi connectivity index (χ3n) is 4.57. The lowest BCUT2D eigenvalue weighted by atomic mass is 10.0. The second kappa shape index (κ2) is 5.40. The summed E-state index contributed by atoms with van der Waals surface area (Å²) in [5, 5.41) is 1.27. The van der Waals surface area contributed by atoms with Crippen molar-refractivity contribution in [1.29, 1.82) is 0 Å². The molecule has 3 rings (SSSR count). The molecular weight excluding hydrogens is 260 g/mol. The number of carbonyl (C=O) groups excluding carboxylic acids is 1. The van der Waals surface area contributed by atoms with E-state index in [1.807, 2.05) is 4.90 Å². The summed E-state index contributed by atoms with van der Waals surface area (Å²) in [5.41, 5.74) is 6.20. The zero-order chi connectivity index (χ0) is 15.0. The highest BCUT2D eigenvalue weighted by atomic mass is 16.2. The fourth-order valence-corrected chi connectivity index (χ4v) is 3.06. The molecule has 1 N–H and O–H groups in total. The highest BCUT2D eigenvalue weighted by molar-refractivity contribution is 5.84. The molecule has 1 aromatic carbocycles. The van der Waals surface area contributed by atoms with Crippen LogP contribution in [-0.4, -0.2) is 22.3 Å². The molecule has 2 aromatic rings. The molecule has 0 unspecified atom stereocenters. The van der Waals surface area contributed by atoms with Crippen LogP contribution in [0, 0.1) is 6.92 Å². The summed E-state index contributed by atoms with van der Waals surface area (Å²) in [6, 6.07) is 6.48. The Kier molecular flexibility index (Phi) is 3.58. The Balaban J connectivity index is 1.80. The molecule has 1 amide bonds. The van der Waals surface area contributed by atoms with Crippen molar-refractivity contribution >= 4 is 16.8 Å². The Bertz CT molecular complexity index is 724. The lowest BCUT2D eigenvalue weighted by molar-refractivity contribution is -0.130. The van der Waals surface area contributed by atoms with Crippen molar-refractivity contribution < 1.29 is 4.79 Å². The first-order valence-corrected chi connectivity index (χ1v) is 7.59. The molecule has 0 fully saturated rings. The van der Waals surface area contributed by atoms with E-state index in [1.54, 1.807) is 0 Å². The maximum absolute atomic E-state index is 12.1. The number of rotatable bonds is 3. The largest absolute Gasteiger partial charge is 0.361 e. The van der Waals surface area contributed by atoms with Gasteiger partial charge in [0.25, 0.3) is 0 Å². The van der Waals surface area contributed by atoms with Crippen LogP contribution in [0.5, 0.6) is 0 Å². The molecule has 3 nitrogen and oxygen atoms in total. The van der Waals surface area contributed by atoms with Crippen LogP contribution in [0.25, 0.3) is 10.9 Å². The lowest BCUT2D eigenvalue weighted by Crippen LogP contribution is -2.34. The predicted octanol–water partition coefficient (Wildman–Crippen LogP) is 3.94. The molecule has 0 atom stereocenters. The number of amides is 1. The summed E-state index contributed by atoms with van der Waals surface area (Å²) < 4.78 is 0. The number of carbonyl (C=O) groups is 1. The lowest BCUT2D eigenvalue weighted by Gasteiger charge is -2.29.